The molecular weight excluding hydrogens is 456 g/mol. The Kier molecular flexibility index (Phi) is 6.28. The lowest BCUT2D eigenvalue weighted by molar-refractivity contribution is 0.0766. The average Bonchev–Trinajstić information content (AvgIpc) is 3.25. The zero-order valence-electron chi connectivity index (χ0n) is 19.5. The first-order valence-corrected chi connectivity index (χ1v) is 13.7. The van der Waals surface area contributed by atoms with E-state index >= 15 is 0 Å². The molecule has 4 rings (SSSR count). The van der Waals surface area contributed by atoms with Crippen LogP contribution in [0.1, 0.15) is 52.4 Å². The Morgan fingerprint density at radius 3 is 2.61 bits per heavy atom. The topological polar surface area (TPSA) is 89.7 Å². The van der Waals surface area contributed by atoms with Crippen molar-refractivity contribution in [3.8, 4) is 5.75 Å². The highest BCUT2D eigenvalue weighted by Crippen LogP contribution is 2.32. The number of hydrogen-bond donors (Lipinski definition) is 1. The smallest absolute Gasteiger partial charge is 0.306 e. The molecule has 1 unspecified atom stereocenters. The second kappa shape index (κ2) is 8.74. The van der Waals surface area contributed by atoms with Crippen LogP contribution in [0, 0.1) is 13.8 Å². The number of carbonyl (C=O) groups is 1. The maximum absolute atomic E-state index is 12.8. The maximum atomic E-state index is 12.8. The summed E-state index contributed by atoms with van der Waals surface area (Å²) in [6.45, 7) is 7.44. The highest BCUT2D eigenvalue weighted by molar-refractivity contribution is 7.86. The largest absolute Gasteiger partial charge is 0.383 e. The van der Waals surface area contributed by atoms with E-state index in [0.717, 1.165) is 52.3 Å². The van der Waals surface area contributed by atoms with Gasteiger partial charge in [0.1, 0.15) is 5.75 Å². The molecule has 8 heteroatoms. The van der Waals surface area contributed by atoms with Crippen LogP contribution >= 0.6 is 11.3 Å². The van der Waals surface area contributed by atoms with Crippen molar-refractivity contribution in [2.75, 3.05) is 12.8 Å². The van der Waals surface area contributed by atoms with E-state index in [4.69, 9.17) is 9.92 Å². The van der Waals surface area contributed by atoms with E-state index in [1.807, 2.05) is 30.9 Å². The van der Waals surface area contributed by atoms with Gasteiger partial charge in [-0.25, -0.2) is 0 Å². The van der Waals surface area contributed by atoms with Gasteiger partial charge in [-0.2, -0.15) is 8.42 Å². The van der Waals surface area contributed by atoms with Crippen molar-refractivity contribution in [3.05, 3.63) is 63.5 Å². The summed E-state index contributed by atoms with van der Waals surface area (Å²) >= 11 is 1.57. The van der Waals surface area contributed by atoms with Crippen LogP contribution < -0.4 is 9.92 Å². The van der Waals surface area contributed by atoms with Crippen molar-refractivity contribution < 1.29 is 17.4 Å². The van der Waals surface area contributed by atoms with Gasteiger partial charge in [0.05, 0.1) is 6.26 Å². The lowest BCUT2D eigenvalue weighted by atomic mass is 9.90. The predicted molar refractivity (Wildman–Crippen MR) is 133 cm³/mol. The SMILES string of the molecule is Cc1cc2c(cc1C)C(=O)N(CCC(C)(N)CCc1csc3cc(OS(C)(=O)=O)ccc13)C2. The quantitative estimate of drug-likeness (QED) is 0.472. The highest BCUT2D eigenvalue weighted by atomic mass is 32.2. The van der Waals surface area contributed by atoms with E-state index in [0.29, 0.717) is 18.8 Å². The fraction of sp³-hybridized carbons (Fsp3) is 0.400. The van der Waals surface area contributed by atoms with Crippen molar-refractivity contribution in [2.24, 2.45) is 5.73 Å². The van der Waals surface area contributed by atoms with Crippen LogP contribution in [-0.4, -0.2) is 37.6 Å². The normalized spacial score (nSPS) is 15.7. The molecule has 33 heavy (non-hydrogen) atoms. The van der Waals surface area contributed by atoms with Crippen LogP contribution in [-0.2, 0) is 23.1 Å². The number of fused-ring (bicyclic) bond motifs is 2. The molecule has 1 atom stereocenters. The van der Waals surface area contributed by atoms with Gasteiger partial charge in [-0.15, -0.1) is 11.3 Å². The van der Waals surface area contributed by atoms with Gasteiger partial charge in [0.2, 0.25) is 0 Å². The summed E-state index contributed by atoms with van der Waals surface area (Å²) in [6.07, 6.45) is 3.36. The number of aryl methyl sites for hydroxylation is 3. The summed E-state index contributed by atoms with van der Waals surface area (Å²) in [5.41, 5.74) is 11.7. The molecule has 2 heterocycles. The molecule has 0 saturated carbocycles. The van der Waals surface area contributed by atoms with Gasteiger partial charge in [0, 0.05) is 28.9 Å². The molecule has 0 radical (unpaired) electrons. The Bertz CT molecular complexity index is 1330. The van der Waals surface area contributed by atoms with Gasteiger partial charge in [-0.1, -0.05) is 6.07 Å². The number of carbonyl (C=O) groups excluding carboxylic acids is 1. The second-order valence-corrected chi connectivity index (χ2v) is 11.9. The third kappa shape index (κ3) is 5.39. The zero-order valence-corrected chi connectivity index (χ0v) is 21.1. The third-order valence-electron chi connectivity index (χ3n) is 6.39. The molecule has 0 bridgehead atoms. The summed E-state index contributed by atoms with van der Waals surface area (Å²) in [7, 11) is -3.55. The molecule has 176 valence electrons. The number of rotatable bonds is 8. The monoisotopic (exact) mass is 486 g/mol. The van der Waals surface area contributed by atoms with Crippen LogP contribution in [0.25, 0.3) is 10.1 Å². The van der Waals surface area contributed by atoms with Gasteiger partial charge in [0.25, 0.3) is 5.91 Å². The Labute approximate surface area is 199 Å². The molecule has 0 saturated heterocycles. The standard InChI is InChI=1S/C25H30N2O4S2/c1-16-11-19-14-27(24(28)22(19)12-17(16)2)10-9-25(3,26)8-7-18-15-32-23-13-20(5-6-21(18)23)31-33(4,29)30/h5-6,11-13,15H,7-10,14,26H2,1-4H3. The molecule has 0 aliphatic carbocycles. The van der Waals surface area contributed by atoms with E-state index in [2.05, 4.69) is 18.4 Å². The third-order valence-corrected chi connectivity index (χ3v) is 7.88. The Balaban J connectivity index is 1.37. The van der Waals surface area contributed by atoms with Crippen molar-refractivity contribution in [1.29, 1.82) is 0 Å². The Morgan fingerprint density at radius 2 is 1.88 bits per heavy atom. The van der Waals surface area contributed by atoms with Crippen molar-refractivity contribution >= 4 is 37.4 Å². The van der Waals surface area contributed by atoms with Crippen LogP contribution in [0.3, 0.4) is 0 Å². The van der Waals surface area contributed by atoms with Crippen molar-refractivity contribution in [3.63, 3.8) is 0 Å². The Hall–Kier alpha value is -2.42. The summed E-state index contributed by atoms with van der Waals surface area (Å²) in [5.74, 6) is 0.420. The minimum atomic E-state index is -3.55. The molecule has 1 aliphatic heterocycles. The molecular formula is C25H30N2O4S2. The first kappa shape index (κ1) is 23.7. The van der Waals surface area contributed by atoms with Crippen LogP contribution in [0.5, 0.6) is 5.75 Å². The van der Waals surface area contributed by atoms with Crippen molar-refractivity contribution in [1.82, 2.24) is 4.90 Å². The predicted octanol–water partition coefficient (Wildman–Crippen LogP) is 4.55. The summed E-state index contributed by atoms with van der Waals surface area (Å²) in [6, 6.07) is 9.47. The lowest BCUT2D eigenvalue weighted by Crippen LogP contribution is -2.40. The minimum absolute atomic E-state index is 0.0971. The summed E-state index contributed by atoms with van der Waals surface area (Å²) < 4.78 is 28.7. The lowest BCUT2D eigenvalue weighted by Gasteiger charge is -2.27. The number of hydrogen-bond acceptors (Lipinski definition) is 6. The molecule has 1 aromatic heterocycles. The van der Waals surface area contributed by atoms with Crippen LogP contribution in [0.15, 0.2) is 35.7 Å². The van der Waals surface area contributed by atoms with Gasteiger partial charge in [-0.05, 0) is 97.3 Å². The summed E-state index contributed by atoms with van der Waals surface area (Å²) in [5, 5.41) is 3.18. The fourth-order valence-corrected chi connectivity index (χ4v) is 5.73. The number of nitrogens with two attached hydrogens (primary N) is 1. The van der Waals surface area contributed by atoms with Crippen LogP contribution in [0.2, 0.25) is 0 Å². The fourth-order valence-electron chi connectivity index (χ4n) is 4.25. The Morgan fingerprint density at radius 1 is 1.15 bits per heavy atom. The minimum Gasteiger partial charge on any atom is -0.383 e. The molecule has 1 amide bonds. The van der Waals surface area contributed by atoms with Gasteiger partial charge in [-0.3, -0.25) is 4.79 Å². The zero-order chi connectivity index (χ0) is 24.0. The first-order chi connectivity index (χ1) is 15.4. The van der Waals surface area contributed by atoms with Gasteiger partial charge in [0.15, 0.2) is 0 Å². The average molecular weight is 487 g/mol. The number of amides is 1. The highest BCUT2D eigenvalue weighted by Gasteiger charge is 2.29. The van der Waals surface area contributed by atoms with E-state index in [9.17, 15) is 13.2 Å². The molecule has 2 aromatic carbocycles. The maximum Gasteiger partial charge on any atom is 0.306 e. The number of thiophene rings is 1. The van der Waals surface area contributed by atoms with Crippen molar-refractivity contribution in [2.45, 2.75) is 52.1 Å². The van der Waals surface area contributed by atoms with E-state index in [-0.39, 0.29) is 5.91 Å². The van der Waals surface area contributed by atoms with E-state index in [1.165, 1.54) is 11.1 Å². The number of benzene rings is 2. The molecule has 6 nitrogen and oxygen atoms in total. The molecule has 1 aliphatic rings. The first-order valence-electron chi connectivity index (χ1n) is 11.0. The molecule has 2 N–H and O–H groups in total. The number of nitrogens with zero attached hydrogens (tertiary/aromatic N) is 1. The van der Waals surface area contributed by atoms with Gasteiger partial charge >= 0.3 is 10.1 Å². The van der Waals surface area contributed by atoms with E-state index in [1.54, 1.807) is 23.5 Å². The van der Waals surface area contributed by atoms with E-state index < -0.39 is 15.7 Å². The molecule has 0 spiro atoms. The second-order valence-electron chi connectivity index (χ2n) is 9.43. The summed E-state index contributed by atoms with van der Waals surface area (Å²) in [4.78, 5) is 14.7. The van der Waals surface area contributed by atoms with Crippen LogP contribution in [0.4, 0.5) is 0 Å². The molecule has 3 aromatic rings. The molecule has 0 fully saturated rings. The van der Waals surface area contributed by atoms with Gasteiger partial charge < -0.3 is 14.8 Å².